The summed E-state index contributed by atoms with van der Waals surface area (Å²) in [5, 5.41) is 0. The summed E-state index contributed by atoms with van der Waals surface area (Å²) in [6.07, 6.45) is 3.86. The van der Waals surface area contributed by atoms with Crippen molar-refractivity contribution >= 4 is 49.6 Å². The number of piperidine rings is 1. The highest BCUT2D eigenvalue weighted by Crippen LogP contribution is 2.31. The lowest BCUT2D eigenvalue weighted by molar-refractivity contribution is 0.0594. The molecule has 1 aliphatic heterocycles. The zero-order valence-corrected chi connectivity index (χ0v) is 21.3. The van der Waals surface area contributed by atoms with Crippen molar-refractivity contribution in [1.29, 1.82) is 0 Å². The summed E-state index contributed by atoms with van der Waals surface area (Å²) in [6, 6.07) is 8.47. The van der Waals surface area contributed by atoms with E-state index in [2.05, 4.69) is 39.4 Å². The fourth-order valence-corrected chi connectivity index (χ4v) is 6.49. The Kier molecular flexibility index (Phi) is 6.60. The Morgan fingerprint density at radius 3 is 2.66 bits per heavy atom. The third-order valence-electron chi connectivity index (χ3n) is 5.86. The fraction of sp³-hybridized carbons (Fsp3) is 0.391. The third kappa shape index (κ3) is 4.42. The van der Waals surface area contributed by atoms with Crippen LogP contribution in [-0.2, 0) is 21.3 Å². The van der Waals surface area contributed by atoms with Crippen LogP contribution in [0, 0.1) is 16.4 Å². The molecule has 2 aromatic heterocycles. The van der Waals surface area contributed by atoms with Crippen LogP contribution in [0.1, 0.15) is 41.4 Å². The van der Waals surface area contributed by atoms with Gasteiger partial charge in [-0.25, -0.2) is 22.2 Å². The Morgan fingerprint density at radius 2 is 2.00 bits per heavy atom. The van der Waals surface area contributed by atoms with Crippen LogP contribution < -0.4 is 0 Å². The van der Waals surface area contributed by atoms with Crippen molar-refractivity contribution in [1.82, 2.24) is 13.9 Å². The van der Waals surface area contributed by atoms with Crippen LogP contribution in [0.15, 0.2) is 41.4 Å². The second-order valence-corrected chi connectivity index (χ2v) is 11.4. The molecule has 1 aromatic carbocycles. The number of hydrogen-bond acceptors (Lipinski definition) is 6. The molecule has 0 bridgehead atoms. The third-order valence-corrected chi connectivity index (χ3v) is 8.32. The van der Waals surface area contributed by atoms with Gasteiger partial charge in [0.25, 0.3) is 10.0 Å². The van der Waals surface area contributed by atoms with Crippen LogP contribution in [0.3, 0.4) is 0 Å². The molecule has 0 saturated carbocycles. The SMILES string of the molecule is COC(=O)c1cc(CN2CCC[C@H](C)C2)c2c(n1)c(I)cn2S(=O)(=O)c1ccc(C)cc1. The Balaban J connectivity index is 1.91. The maximum absolute atomic E-state index is 13.6. The summed E-state index contributed by atoms with van der Waals surface area (Å²) < 4.78 is 34.0. The van der Waals surface area contributed by atoms with Crippen molar-refractivity contribution in [2.45, 2.75) is 38.1 Å². The summed E-state index contributed by atoms with van der Waals surface area (Å²) in [4.78, 5) is 19.3. The average Bonchev–Trinajstić information content (AvgIpc) is 3.11. The van der Waals surface area contributed by atoms with Crippen molar-refractivity contribution in [2.24, 2.45) is 5.92 Å². The number of nitrogens with zero attached hydrogens (tertiary/aromatic N) is 3. The summed E-state index contributed by atoms with van der Waals surface area (Å²) in [5.74, 6) is 0.0365. The second kappa shape index (κ2) is 9.11. The monoisotopic (exact) mass is 567 g/mol. The van der Waals surface area contributed by atoms with E-state index in [1.807, 2.05) is 6.92 Å². The first kappa shape index (κ1) is 23.2. The Labute approximate surface area is 202 Å². The van der Waals surface area contributed by atoms with Crippen molar-refractivity contribution < 1.29 is 17.9 Å². The van der Waals surface area contributed by atoms with Crippen molar-refractivity contribution in [2.75, 3.05) is 20.2 Å². The van der Waals surface area contributed by atoms with E-state index in [-0.39, 0.29) is 10.6 Å². The normalized spacial score (nSPS) is 17.6. The van der Waals surface area contributed by atoms with E-state index in [1.54, 1.807) is 36.5 Å². The van der Waals surface area contributed by atoms with E-state index in [0.29, 0.717) is 27.1 Å². The van der Waals surface area contributed by atoms with Crippen molar-refractivity contribution in [3.8, 4) is 0 Å². The number of carbonyl (C=O) groups excluding carboxylic acids is 1. The number of benzene rings is 1. The Morgan fingerprint density at radius 1 is 1.28 bits per heavy atom. The van der Waals surface area contributed by atoms with E-state index >= 15 is 0 Å². The van der Waals surface area contributed by atoms with Crippen molar-refractivity contribution in [3.63, 3.8) is 0 Å². The summed E-state index contributed by atoms with van der Waals surface area (Å²) in [6.45, 7) is 6.54. The molecule has 0 amide bonds. The first-order valence-corrected chi connectivity index (χ1v) is 13.1. The molecule has 0 N–H and O–H groups in total. The number of ether oxygens (including phenoxy) is 1. The van der Waals surface area contributed by atoms with Gasteiger partial charge in [0.2, 0.25) is 0 Å². The van der Waals surface area contributed by atoms with Gasteiger partial charge in [-0.15, -0.1) is 0 Å². The molecule has 4 rings (SSSR count). The smallest absolute Gasteiger partial charge is 0.356 e. The Hall–Kier alpha value is -1.98. The quantitative estimate of drug-likeness (QED) is 0.340. The largest absolute Gasteiger partial charge is 0.464 e. The van der Waals surface area contributed by atoms with Gasteiger partial charge in [-0.05, 0) is 78.6 Å². The van der Waals surface area contributed by atoms with Crippen LogP contribution in [0.2, 0.25) is 0 Å². The lowest BCUT2D eigenvalue weighted by Crippen LogP contribution is -2.34. The number of halogens is 1. The van der Waals surface area contributed by atoms with E-state index in [0.717, 1.165) is 30.6 Å². The van der Waals surface area contributed by atoms with Gasteiger partial charge < -0.3 is 4.74 Å². The molecule has 1 fully saturated rings. The number of aromatic nitrogens is 2. The second-order valence-electron chi connectivity index (χ2n) is 8.43. The predicted molar refractivity (Wildman–Crippen MR) is 131 cm³/mol. The van der Waals surface area contributed by atoms with Crippen LogP contribution in [-0.4, -0.2) is 48.4 Å². The first-order valence-electron chi connectivity index (χ1n) is 10.5. The van der Waals surface area contributed by atoms with Crippen LogP contribution >= 0.6 is 22.6 Å². The Bertz CT molecular complexity index is 1270. The van der Waals surface area contributed by atoms with Crippen LogP contribution in [0.4, 0.5) is 0 Å². The number of hydrogen-bond donors (Lipinski definition) is 0. The molecule has 170 valence electrons. The minimum Gasteiger partial charge on any atom is -0.464 e. The zero-order valence-electron chi connectivity index (χ0n) is 18.3. The van der Waals surface area contributed by atoms with E-state index in [1.165, 1.54) is 17.5 Å². The molecule has 1 atom stereocenters. The van der Waals surface area contributed by atoms with Gasteiger partial charge in [-0.2, -0.15) is 0 Å². The topological polar surface area (TPSA) is 81.5 Å². The number of esters is 1. The number of aryl methyl sites for hydroxylation is 1. The molecule has 0 unspecified atom stereocenters. The summed E-state index contributed by atoms with van der Waals surface area (Å²) in [5.41, 5.74) is 2.93. The zero-order chi connectivity index (χ0) is 23.0. The highest BCUT2D eigenvalue weighted by Gasteiger charge is 2.27. The van der Waals surface area contributed by atoms with E-state index in [9.17, 15) is 13.2 Å². The lowest BCUT2D eigenvalue weighted by atomic mass is 9.99. The minimum atomic E-state index is -3.84. The number of rotatable bonds is 5. The summed E-state index contributed by atoms with van der Waals surface area (Å²) in [7, 11) is -2.52. The van der Waals surface area contributed by atoms with Crippen molar-refractivity contribution in [3.05, 3.63) is 56.9 Å². The molecule has 7 nitrogen and oxygen atoms in total. The maximum Gasteiger partial charge on any atom is 0.356 e. The standard InChI is InChI=1S/C23H26IN3O4S/c1-15-6-8-18(9-7-15)32(29,30)27-14-19(24)21-22(27)17(11-20(25-21)23(28)31-3)13-26-10-4-5-16(2)12-26/h6-9,11,14,16H,4-5,10,12-13H2,1-3H3/t16-/m0/s1. The predicted octanol–water partition coefficient (Wildman–Crippen LogP) is 4.20. The molecule has 9 heteroatoms. The van der Waals surface area contributed by atoms with Gasteiger partial charge >= 0.3 is 5.97 Å². The molecule has 1 aliphatic rings. The van der Waals surface area contributed by atoms with Gasteiger partial charge in [0.05, 0.1) is 21.1 Å². The highest BCUT2D eigenvalue weighted by atomic mass is 127. The van der Waals surface area contributed by atoms with Crippen LogP contribution in [0.5, 0.6) is 0 Å². The maximum atomic E-state index is 13.6. The lowest BCUT2D eigenvalue weighted by Gasteiger charge is -2.31. The minimum absolute atomic E-state index is 0.184. The highest BCUT2D eigenvalue weighted by molar-refractivity contribution is 14.1. The first-order chi connectivity index (χ1) is 15.2. The van der Waals surface area contributed by atoms with Gasteiger partial charge in [0.15, 0.2) is 0 Å². The molecule has 3 heterocycles. The number of likely N-dealkylation sites (tertiary alicyclic amines) is 1. The molecule has 32 heavy (non-hydrogen) atoms. The average molecular weight is 567 g/mol. The van der Waals surface area contributed by atoms with Gasteiger partial charge in [-0.3, -0.25) is 4.90 Å². The molecular weight excluding hydrogens is 541 g/mol. The number of fused-ring (bicyclic) bond motifs is 1. The van der Waals surface area contributed by atoms with Gasteiger partial charge in [0, 0.05) is 19.3 Å². The molecule has 1 saturated heterocycles. The number of carbonyl (C=O) groups is 1. The number of methoxy groups -OCH3 is 1. The molecule has 0 radical (unpaired) electrons. The van der Waals surface area contributed by atoms with Crippen LogP contribution in [0.25, 0.3) is 11.0 Å². The summed E-state index contributed by atoms with van der Waals surface area (Å²) >= 11 is 2.07. The van der Waals surface area contributed by atoms with Gasteiger partial charge in [0.1, 0.15) is 11.2 Å². The molecule has 3 aromatic rings. The van der Waals surface area contributed by atoms with Gasteiger partial charge in [-0.1, -0.05) is 24.6 Å². The fourth-order valence-electron chi connectivity index (χ4n) is 4.25. The molecule has 0 spiro atoms. The number of pyridine rings is 1. The molecular formula is C23H26IN3O4S. The molecule has 0 aliphatic carbocycles. The van der Waals surface area contributed by atoms with E-state index in [4.69, 9.17) is 4.74 Å². The van der Waals surface area contributed by atoms with E-state index < -0.39 is 16.0 Å².